The third kappa shape index (κ3) is 3.80. The summed E-state index contributed by atoms with van der Waals surface area (Å²) in [4.78, 5) is 12.0. The summed E-state index contributed by atoms with van der Waals surface area (Å²) >= 11 is 8.96. The van der Waals surface area contributed by atoms with Gasteiger partial charge in [-0.15, -0.1) is 0 Å². The normalized spacial score (nSPS) is 18.4. The molecule has 110 valence electrons. The quantitative estimate of drug-likeness (QED) is 0.856. The zero-order valence-electron chi connectivity index (χ0n) is 10.3. The third-order valence-electron chi connectivity index (χ3n) is 2.90. The average molecular weight is 370 g/mol. The minimum absolute atomic E-state index is 0.126. The Morgan fingerprint density at radius 3 is 2.90 bits per heavy atom. The highest BCUT2D eigenvalue weighted by Crippen LogP contribution is 2.37. The molecule has 2 rings (SSSR count). The van der Waals surface area contributed by atoms with E-state index in [1.54, 1.807) is 0 Å². The second kappa shape index (κ2) is 6.69. The van der Waals surface area contributed by atoms with Gasteiger partial charge in [0, 0.05) is 11.6 Å². The topological polar surface area (TPSA) is 50.4 Å². The third-order valence-corrected chi connectivity index (χ3v) is 3.71. The predicted octanol–water partition coefficient (Wildman–Crippen LogP) is 3.25. The zero-order chi connectivity index (χ0) is 14.7. The molecule has 0 spiro atoms. The Labute approximate surface area is 127 Å². The molecule has 0 radical (unpaired) electrons. The summed E-state index contributed by atoms with van der Waals surface area (Å²) in [6.45, 7) is -1.66. The van der Waals surface area contributed by atoms with Crippen molar-refractivity contribution in [3.63, 3.8) is 0 Å². The van der Waals surface area contributed by atoms with Crippen molar-refractivity contribution in [2.24, 2.45) is 5.92 Å². The Morgan fingerprint density at radius 1 is 1.55 bits per heavy atom. The van der Waals surface area contributed by atoms with Crippen molar-refractivity contribution in [1.29, 1.82) is 0 Å². The first-order chi connectivity index (χ1) is 9.47. The summed E-state index contributed by atoms with van der Waals surface area (Å²) in [5.41, 5.74) is 0.126. The van der Waals surface area contributed by atoms with Crippen LogP contribution in [0.4, 0.5) is 14.5 Å². The Hall–Kier alpha value is -0.920. The molecule has 8 heteroatoms. The summed E-state index contributed by atoms with van der Waals surface area (Å²) in [6, 6.07) is 2.80. The van der Waals surface area contributed by atoms with Gasteiger partial charge in [0.1, 0.15) is 0 Å². The highest BCUT2D eigenvalue weighted by molar-refractivity contribution is 9.10. The predicted molar refractivity (Wildman–Crippen MR) is 75.4 cm³/mol. The fourth-order valence-corrected chi connectivity index (χ4v) is 2.88. The number of alkyl halides is 2. The smallest absolute Gasteiger partial charge is 0.387 e. The Kier molecular flexibility index (Phi) is 5.17. The van der Waals surface area contributed by atoms with Crippen molar-refractivity contribution < 1.29 is 18.3 Å². The summed E-state index contributed by atoms with van der Waals surface area (Å²) in [7, 11) is 0. The Morgan fingerprint density at radius 2 is 2.30 bits per heavy atom. The molecule has 1 aliphatic rings. The molecule has 20 heavy (non-hydrogen) atoms. The summed E-state index contributed by atoms with van der Waals surface area (Å²) < 4.78 is 29.5. The molecular weight excluding hydrogens is 357 g/mol. The fourth-order valence-electron chi connectivity index (χ4n) is 1.98. The average Bonchev–Trinajstić information content (AvgIpc) is 2.87. The minimum Gasteiger partial charge on any atom is -0.431 e. The first-order valence-corrected chi connectivity index (χ1v) is 7.10. The molecule has 1 aromatic rings. The van der Waals surface area contributed by atoms with Crippen molar-refractivity contribution in [1.82, 2.24) is 5.32 Å². The number of ether oxygens (including phenoxy) is 1. The molecule has 4 nitrogen and oxygen atoms in total. The number of carbonyl (C=O) groups is 1. The van der Waals surface area contributed by atoms with Gasteiger partial charge in [-0.25, -0.2) is 0 Å². The molecule has 0 aliphatic carbocycles. The van der Waals surface area contributed by atoms with Gasteiger partial charge in [0.2, 0.25) is 5.91 Å². The van der Waals surface area contributed by atoms with Crippen LogP contribution in [-0.4, -0.2) is 25.6 Å². The summed E-state index contributed by atoms with van der Waals surface area (Å²) in [5, 5.41) is 5.95. The van der Waals surface area contributed by atoms with E-state index < -0.39 is 6.61 Å². The van der Waals surface area contributed by atoms with E-state index in [2.05, 4.69) is 31.3 Å². The molecule has 1 fully saturated rings. The van der Waals surface area contributed by atoms with E-state index in [0.29, 0.717) is 18.0 Å². The van der Waals surface area contributed by atoms with Crippen LogP contribution in [0.15, 0.2) is 16.6 Å². The molecular formula is C12H12BrClF2N2O2. The van der Waals surface area contributed by atoms with Gasteiger partial charge in [0.05, 0.1) is 16.1 Å². The molecule has 0 bridgehead atoms. The van der Waals surface area contributed by atoms with Gasteiger partial charge in [-0.3, -0.25) is 4.79 Å². The number of hydrogen-bond acceptors (Lipinski definition) is 3. The molecule has 1 saturated heterocycles. The molecule has 1 atom stereocenters. The van der Waals surface area contributed by atoms with E-state index in [9.17, 15) is 13.6 Å². The van der Waals surface area contributed by atoms with E-state index in [4.69, 9.17) is 11.6 Å². The number of nitrogens with one attached hydrogen (secondary N) is 2. The number of amides is 1. The van der Waals surface area contributed by atoms with Crippen LogP contribution in [-0.2, 0) is 4.79 Å². The standard InChI is InChI=1S/C12H12BrClF2N2O2/c13-8-3-7(14)4-9(10(8)20-12(15)16)18-11(19)6-1-2-17-5-6/h3-4,6,12,17H,1-2,5H2,(H,18,19). The van der Waals surface area contributed by atoms with Gasteiger partial charge in [-0.05, 0) is 41.0 Å². The molecule has 0 aromatic heterocycles. The van der Waals surface area contributed by atoms with Crippen LogP contribution in [0.2, 0.25) is 5.02 Å². The van der Waals surface area contributed by atoms with Crippen molar-refractivity contribution in [3.8, 4) is 5.75 Å². The van der Waals surface area contributed by atoms with Gasteiger partial charge in [0.25, 0.3) is 0 Å². The van der Waals surface area contributed by atoms with E-state index in [1.807, 2.05) is 0 Å². The van der Waals surface area contributed by atoms with Crippen LogP contribution in [0.25, 0.3) is 0 Å². The van der Waals surface area contributed by atoms with Crippen LogP contribution in [0.5, 0.6) is 5.75 Å². The lowest BCUT2D eigenvalue weighted by Gasteiger charge is -2.16. The lowest BCUT2D eigenvalue weighted by molar-refractivity contribution is -0.119. The number of benzene rings is 1. The SMILES string of the molecule is O=C(Nc1cc(Cl)cc(Br)c1OC(F)F)C1CCNC1. The number of rotatable bonds is 4. The number of carbonyl (C=O) groups excluding carboxylic acids is 1. The maximum atomic E-state index is 12.4. The first-order valence-electron chi connectivity index (χ1n) is 5.93. The number of anilines is 1. The minimum atomic E-state index is -2.99. The molecule has 1 aromatic carbocycles. The molecule has 1 unspecified atom stereocenters. The van der Waals surface area contributed by atoms with E-state index in [-0.39, 0.29) is 27.7 Å². The second-order valence-electron chi connectivity index (χ2n) is 4.32. The van der Waals surface area contributed by atoms with Gasteiger partial charge in [-0.1, -0.05) is 11.6 Å². The number of hydrogen-bond donors (Lipinski definition) is 2. The van der Waals surface area contributed by atoms with Crippen molar-refractivity contribution >= 4 is 39.1 Å². The monoisotopic (exact) mass is 368 g/mol. The fraction of sp³-hybridized carbons (Fsp3) is 0.417. The highest BCUT2D eigenvalue weighted by atomic mass is 79.9. The molecule has 1 amide bonds. The molecule has 1 aliphatic heterocycles. The second-order valence-corrected chi connectivity index (χ2v) is 5.61. The van der Waals surface area contributed by atoms with Gasteiger partial charge in [0.15, 0.2) is 5.75 Å². The summed E-state index contributed by atoms with van der Waals surface area (Å²) in [6.07, 6.45) is 0.707. The van der Waals surface area contributed by atoms with Crippen molar-refractivity contribution in [2.45, 2.75) is 13.0 Å². The molecule has 1 heterocycles. The van der Waals surface area contributed by atoms with Crippen LogP contribution in [0.3, 0.4) is 0 Å². The van der Waals surface area contributed by atoms with E-state index >= 15 is 0 Å². The highest BCUT2D eigenvalue weighted by Gasteiger charge is 2.24. The largest absolute Gasteiger partial charge is 0.431 e. The van der Waals surface area contributed by atoms with Crippen LogP contribution < -0.4 is 15.4 Å². The Balaban J connectivity index is 2.22. The van der Waals surface area contributed by atoms with Crippen LogP contribution in [0.1, 0.15) is 6.42 Å². The van der Waals surface area contributed by atoms with E-state index in [0.717, 1.165) is 6.54 Å². The van der Waals surface area contributed by atoms with Gasteiger partial charge >= 0.3 is 6.61 Å². The van der Waals surface area contributed by atoms with E-state index in [1.165, 1.54) is 12.1 Å². The van der Waals surface area contributed by atoms with Crippen LogP contribution in [0, 0.1) is 5.92 Å². The Bertz CT molecular complexity index is 510. The van der Waals surface area contributed by atoms with Gasteiger partial charge < -0.3 is 15.4 Å². The molecule has 2 N–H and O–H groups in total. The van der Waals surface area contributed by atoms with Crippen molar-refractivity contribution in [3.05, 3.63) is 21.6 Å². The lowest BCUT2D eigenvalue weighted by atomic mass is 10.1. The van der Waals surface area contributed by atoms with Crippen molar-refractivity contribution in [2.75, 3.05) is 18.4 Å². The molecule has 0 saturated carbocycles. The summed E-state index contributed by atoms with van der Waals surface area (Å²) in [5.74, 6) is -0.570. The maximum absolute atomic E-state index is 12.4. The maximum Gasteiger partial charge on any atom is 0.387 e. The first kappa shape index (κ1) is 15.5. The van der Waals surface area contributed by atoms with Crippen LogP contribution >= 0.6 is 27.5 Å². The lowest BCUT2D eigenvalue weighted by Crippen LogP contribution is -2.25. The zero-order valence-corrected chi connectivity index (χ0v) is 12.6. The number of halogens is 4. The van der Waals surface area contributed by atoms with Gasteiger partial charge in [-0.2, -0.15) is 8.78 Å².